The number of carboxylic acid groups (broad SMARTS) is 1. The van der Waals surface area contributed by atoms with Gasteiger partial charge in [0.1, 0.15) is 24.7 Å². The first-order chi connectivity index (χ1) is 45.0. The number of aliphatic hydroxyl groups is 11. The summed E-state index contributed by atoms with van der Waals surface area (Å²) in [5, 5.41) is 130. The van der Waals surface area contributed by atoms with E-state index in [1.165, 1.54) is 13.0 Å². The fourth-order valence-electron chi connectivity index (χ4n) is 12.5. The van der Waals surface area contributed by atoms with Gasteiger partial charge in [-0.3, -0.25) is 14.4 Å². The van der Waals surface area contributed by atoms with Crippen LogP contribution < -0.4 is 26.5 Å². The van der Waals surface area contributed by atoms with Gasteiger partial charge in [-0.15, -0.1) is 0 Å². The molecule has 27 nitrogen and oxygen atoms in total. The van der Waals surface area contributed by atoms with E-state index < -0.39 is 158 Å². The minimum absolute atomic E-state index is 0.0970. The second kappa shape index (κ2) is 32.3. The number of anilines is 1. The normalized spacial score (nSPS) is 37.7. The molecular formula is C68H90N4O23. The molecule has 6 aliphatic heterocycles. The van der Waals surface area contributed by atoms with Crippen molar-refractivity contribution in [2.45, 2.75) is 209 Å². The van der Waals surface area contributed by atoms with Gasteiger partial charge >= 0.3 is 17.9 Å². The standard InChI is InChI=1S/C47H73NO17.C21H17N3O6/c1-27-17-15-13-11-9-7-5-6-8-10-12-14-16-18-34(64-46-44(58)41(48)43(57)30(4)63-46)24-38-40(45(59)60)37(54)26-47(61,65-38)25-33(51)21-31(49)19-20-35(52)36(53)22-32(50)23-39(55)62-29(3)28(2)42(27)56;1-2-21(27)12-4-14-17-9(6-24(14)19(25)11(12)7-28-20(21)26)3-10-13(23-17)5-15-18(16(10)22)30-8-29-15/h5-18,27-38,40-44,46,49-54,56-58,61H,19-26,48H2,1-4H3,(H,59,60);3-5,27H,2,6-8,22H2,1H3/b6-5+,9-7+,10-8+,13-11+,14-12+,17-15+,18-16+;/t27-,28+,29-,30+,31-,32+,33-,34-,35-,36-,37-,38-,40+,41-,42+,43+,44-,46-,47+;21-/m00/s1. The van der Waals surface area contributed by atoms with Gasteiger partial charge in [-0.05, 0) is 51.7 Å². The molecule has 0 saturated carbocycles. The van der Waals surface area contributed by atoms with Crippen LogP contribution in [0.1, 0.15) is 109 Å². The van der Waals surface area contributed by atoms with E-state index in [-0.39, 0.29) is 62.5 Å². The van der Waals surface area contributed by atoms with E-state index in [1.807, 2.05) is 19.1 Å². The highest BCUT2D eigenvalue weighted by molar-refractivity contribution is 5.98. The molecule has 0 aliphatic carbocycles. The zero-order valence-corrected chi connectivity index (χ0v) is 53.6. The Kier molecular flexibility index (Phi) is 25.1. The second-order valence-corrected chi connectivity index (χ2v) is 25.3. The Morgan fingerprint density at radius 3 is 2.03 bits per heavy atom. The number of benzene rings is 1. The molecule has 0 spiro atoms. The van der Waals surface area contributed by atoms with Gasteiger partial charge in [0.2, 0.25) is 6.79 Å². The number of carbonyl (C=O) groups excluding carboxylic acids is 2. The first kappa shape index (κ1) is 73.8. The van der Waals surface area contributed by atoms with E-state index in [0.717, 1.165) is 5.56 Å². The predicted octanol–water partition coefficient (Wildman–Crippen LogP) is 2.10. The summed E-state index contributed by atoms with van der Waals surface area (Å²) >= 11 is 0. The van der Waals surface area contributed by atoms with Crippen LogP contribution in [0.15, 0.2) is 108 Å². The van der Waals surface area contributed by atoms with Gasteiger partial charge in [0.25, 0.3) is 5.56 Å². The third kappa shape index (κ3) is 17.8. The van der Waals surface area contributed by atoms with Crippen LogP contribution in [0, 0.1) is 17.8 Å². The number of hydrogen-bond donors (Lipinski definition) is 14. The minimum atomic E-state index is -2.29. The lowest BCUT2D eigenvalue weighted by atomic mass is 9.82. The Morgan fingerprint density at radius 1 is 0.726 bits per heavy atom. The van der Waals surface area contributed by atoms with Crippen LogP contribution in [-0.4, -0.2) is 193 Å². The number of nitrogen functional groups attached to an aromatic ring is 1. The average molecular weight is 1330 g/mol. The maximum Gasteiger partial charge on any atom is 0.343 e. The molecule has 2 saturated heterocycles. The summed E-state index contributed by atoms with van der Waals surface area (Å²) in [7, 11) is 0. The second-order valence-electron chi connectivity index (χ2n) is 25.3. The summed E-state index contributed by atoms with van der Waals surface area (Å²) in [4.78, 5) is 55.3. The zero-order chi connectivity index (χ0) is 69.2. The number of carboxylic acids is 1. The number of allylic oxidation sites excluding steroid dienone is 12. The summed E-state index contributed by atoms with van der Waals surface area (Å²) < 4.78 is 40.7. The number of aliphatic hydroxyl groups excluding tert-OH is 9. The van der Waals surface area contributed by atoms with Crippen molar-refractivity contribution in [3.05, 3.63) is 130 Å². The van der Waals surface area contributed by atoms with Crippen molar-refractivity contribution in [3.63, 3.8) is 0 Å². The molecule has 9 rings (SSSR count). The van der Waals surface area contributed by atoms with Crippen molar-refractivity contribution in [2.75, 3.05) is 12.5 Å². The predicted molar refractivity (Wildman–Crippen MR) is 342 cm³/mol. The first-order valence-corrected chi connectivity index (χ1v) is 31.9. The van der Waals surface area contributed by atoms with Gasteiger partial charge in [0, 0.05) is 60.1 Å². The third-order valence-corrected chi connectivity index (χ3v) is 18.2. The highest BCUT2D eigenvalue weighted by atomic mass is 16.7. The van der Waals surface area contributed by atoms with Crippen molar-refractivity contribution in [1.82, 2.24) is 9.55 Å². The van der Waals surface area contributed by atoms with Crippen LogP contribution in [0.3, 0.4) is 0 Å². The lowest BCUT2D eigenvalue weighted by molar-refractivity contribution is -0.308. The molecular weight excluding hydrogens is 1240 g/mol. The molecule has 3 aromatic rings. The fourth-order valence-corrected chi connectivity index (χ4v) is 12.5. The Morgan fingerprint density at radius 2 is 1.38 bits per heavy atom. The summed E-state index contributed by atoms with van der Waals surface area (Å²) in [5.41, 5.74) is 13.7. The van der Waals surface area contributed by atoms with E-state index in [4.69, 9.17) is 49.6 Å². The van der Waals surface area contributed by atoms with E-state index in [9.17, 15) is 80.5 Å². The summed E-state index contributed by atoms with van der Waals surface area (Å²) in [6, 6.07) is 4.19. The molecule has 20 atom stereocenters. The molecule has 2 aromatic heterocycles. The van der Waals surface area contributed by atoms with Crippen molar-refractivity contribution in [2.24, 2.45) is 23.5 Å². The number of fused-ring (bicyclic) bond motifs is 8. The number of nitrogens with two attached hydrogens (primary N) is 2. The number of pyridine rings is 2. The van der Waals surface area contributed by atoms with Gasteiger partial charge in [-0.25, -0.2) is 9.78 Å². The molecule has 2 fully saturated rings. The van der Waals surface area contributed by atoms with Crippen molar-refractivity contribution < 1.29 is 109 Å². The number of carbonyl (C=O) groups is 3. The first-order valence-electron chi connectivity index (χ1n) is 31.9. The van der Waals surface area contributed by atoms with E-state index in [0.29, 0.717) is 51.6 Å². The maximum atomic E-state index is 13.2. The fraction of sp³-hybridized carbons (Fsp3) is 0.544. The van der Waals surface area contributed by atoms with Gasteiger partial charge < -0.3 is 110 Å². The molecule has 8 heterocycles. The van der Waals surface area contributed by atoms with E-state index in [1.54, 1.807) is 110 Å². The van der Waals surface area contributed by atoms with Gasteiger partial charge in [0.05, 0.1) is 114 Å². The molecule has 0 unspecified atom stereocenters. The van der Waals surface area contributed by atoms with E-state index >= 15 is 0 Å². The molecule has 1 aromatic carbocycles. The number of ether oxygens (including phenoxy) is 7. The third-order valence-electron chi connectivity index (χ3n) is 18.2. The monoisotopic (exact) mass is 1330 g/mol. The number of rotatable bonds is 4. The molecule has 95 heavy (non-hydrogen) atoms. The molecule has 16 N–H and O–H groups in total. The summed E-state index contributed by atoms with van der Waals surface area (Å²) in [6.07, 6.45) is 3.64. The van der Waals surface area contributed by atoms with Gasteiger partial charge in [-0.2, -0.15) is 0 Å². The Hall–Kier alpha value is -7.03. The SMILES string of the molecule is CC[C@@]1(O)C(=O)OCc2c1cc1n(c2=O)Cc2cc3c(N)c4c(cc3nc2-1)OCO4.C[C@H]1[C@H](O)[C@@H](C)/C=C/C=C/C=C/C=C/C=C/C=C/C=C/[C@H](O[C@@H]2O[C@H](C)[C@@H](O)[C@H](N)[C@@H]2O)C[C@@H]2O[C@](O)(C[C@@H](O)C[C@@H](O)CC[C@H](O)[C@@H](O)C[C@@H](O)CC(=O)O[C@H]1C)C[C@H](O)[C@H]2C(=O)O. The maximum absolute atomic E-state index is 13.2. The molecule has 6 aliphatic rings. The van der Waals surface area contributed by atoms with Crippen LogP contribution in [0.25, 0.3) is 22.3 Å². The lowest BCUT2D eigenvalue weighted by Crippen LogP contribution is -2.61. The number of aliphatic carboxylic acids is 1. The molecule has 2 bridgehead atoms. The number of aromatic nitrogens is 2. The lowest BCUT2D eigenvalue weighted by Gasteiger charge is -2.45. The average Bonchev–Trinajstić information content (AvgIpc) is 1.63. The largest absolute Gasteiger partial charge is 0.481 e. The minimum Gasteiger partial charge on any atom is -0.481 e. The number of nitrogens with zero attached hydrogens (tertiary/aromatic N) is 2. The number of esters is 2. The number of hydrogen-bond acceptors (Lipinski definition) is 25. The summed E-state index contributed by atoms with van der Waals surface area (Å²) in [5.74, 6) is -6.55. The topological polar surface area (TPSA) is 446 Å². The van der Waals surface area contributed by atoms with Gasteiger partial charge in [-0.1, -0.05) is 106 Å². The van der Waals surface area contributed by atoms with Crippen LogP contribution >= 0.6 is 0 Å². The zero-order valence-electron chi connectivity index (χ0n) is 53.6. The van der Waals surface area contributed by atoms with Gasteiger partial charge in [0.15, 0.2) is 29.2 Å². The van der Waals surface area contributed by atoms with Crippen LogP contribution in [0.2, 0.25) is 0 Å². The molecule has 27 heteroatoms. The molecule has 0 radical (unpaired) electrons. The van der Waals surface area contributed by atoms with Crippen LogP contribution in [0.4, 0.5) is 5.69 Å². The van der Waals surface area contributed by atoms with Crippen molar-refractivity contribution in [1.29, 1.82) is 0 Å². The van der Waals surface area contributed by atoms with Crippen molar-refractivity contribution >= 4 is 34.5 Å². The smallest absolute Gasteiger partial charge is 0.343 e. The quantitative estimate of drug-likeness (QED) is 0.103. The Balaban J connectivity index is 0.000000314. The highest BCUT2D eigenvalue weighted by Crippen LogP contribution is 2.46. The van der Waals surface area contributed by atoms with Crippen LogP contribution in [-0.2, 0) is 56.8 Å². The van der Waals surface area contributed by atoms with E-state index in [2.05, 4.69) is 0 Å². The highest BCUT2D eigenvalue weighted by Gasteiger charge is 2.51. The van der Waals surface area contributed by atoms with Crippen LogP contribution in [0.5, 0.6) is 11.5 Å². The molecule has 520 valence electrons. The van der Waals surface area contributed by atoms with Crippen molar-refractivity contribution in [3.8, 4) is 22.9 Å². The Bertz CT molecular complexity index is 3480. The Labute approximate surface area is 548 Å². The number of cyclic esters (lactones) is 2. The molecule has 0 amide bonds. The summed E-state index contributed by atoms with van der Waals surface area (Å²) in [6.45, 7) is 8.65.